The van der Waals surface area contributed by atoms with E-state index in [-0.39, 0.29) is 5.75 Å². The predicted molar refractivity (Wildman–Crippen MR) is 103 cm³/mol. The quantitative estimate of drug-likeness (QED) is 0.534. The van der Waals surface area contributed by atoms with Gasteiger partial charge in [0.2, 0.25) is 5.95 Å². The van der Waals surface area contributed by atoms with Crippen LogP contribution in [0.4, 0.5) is 30.6 Å². The lowest BCUT2D eigenvalue weighted by molar-refractivity contribution is -0.274. The van der Waals surface area contributed by atoms with E-state index in [0.29, 0.717) is 34.6 Å². The van der Waals surface area contributed by atoms with Crippen LogP contribution in [0, 0.1) is 0 Å². The van der Waals surface area contributed by atoms with Crippen LogP contribution in [0.3, 0.4) is 0 Å². The molecule has 0 spiro atoms. The number of rotatable bonds is 6. The minimum absolute atomic E-state index is 0.319. The summed E-state index contributed by atoms with van der Waals surface area (Å²) in [5, 5.41) is 6.74. The monoisotopic (exact) mass is 408 g/mol. The van der Waals surface area contributed by atoms with Gasteiger partial charge in [-0.1, -0.05) is 23.7 Å². The summed E-state index contributed by atoms with van der Waals surface area (Å²) in [6.45, 7) is 2.47. The van der Waals surface area contributed by atoms with Crippen molar-refractivity contribution < 1.29 is 17.9 Å². The Hall–Kier alpha value is -3.00. The first-order chi connectivity index (χ1) is 13.3. The van der Waals surface area contributed by atoms with Gasteiger partial charge in [0.25, 0.3) is 0 Å². The van der Waals surface area contributed by atoms with Crippen molar-refractivity contribution in [1.29, 1.82) is 0 Å². The maximum Gasteiger partial charge on any atom is 0.573 e. The molecular formula is C19H16ClF3N4O. The normalized spacial score (nSPS) is 11.2. The Morgan fingerprint density at radius 3 is 2.46 bits per heavy atom. The summed E-state index contributed by atoms with van der Waals surface area (Å²) in [6.07, 6.45) is -4.76. The largest absolute Gasteiger partial charge is 0.573 e. The van der Waals surface area contributed by atoms with E-state index in [1.807, 2.05) is 6.92 Å². The molecule has 0 amide bonds. The average Bonchev–Trinajstić information content (AvgIpc) is 2.63. The zero-order valence-electron chi connectivity index (χ0n) is 14.7. The van der Waals surface area contributed by atoms with Crippen molar-refractivity contribution in [3.63, 3.8) is 0 Å². The molecule has 2 aromatic carbocycles. The molecule has 28 heavy (non-hydrogen) atoms. The highest BCUT2D eigenvalue weighted by atomic mass is 35.5. The third-order valence-electron chi connectivity index (χ3n) is 3.54. The van der Waals surface area contributed by atoms with Crippen LogP contribution in [-0.4, -0.2) is 22.9 Å². The van der Waals surface area contributed by atoms with E-state index in [1.54, 1.807) is 36.4 Å². The molecule has 3 rings (SSSR count). The van der Waals surface area contributed by atoms with Gasteiger partial charge in [0.05, 0.1) is 5.69 Å². The van der Waals surface area contributed by atoms with Crippen LogP contribution in [0.5, 0.6) is 5.75 Å². The van der Waals surface area contributed by atoms with E-state index in [9.17, 15) is 13.2 Å². The molecule has 0 aliphatic rings. The molecule has 0 atom stereocenters. The SMILES string of the molecule is CCNc1nc(Nc2ccc(Cl)cc2)cc(-c2cccc(OC(F)(F)F)c2)n1. The van der Waals surface area contributed by atoms with Crippen molar-refractivity contribution in [2.24, 2.45) is 0 Å². The number of halogens is 4. The second-order valence-electron chi connectivity index (χ2n) is 5.70. The fourth-order valence-corrected chi connectivity index (χ4v) is 2.56. The van der Waals surface area contributed by atoms with Crippen molar-refractivity contribution in [2.75, 3.05) is 17.2 Å². The first kappa shape index (κ1) is 19.8. The lowest BCUT2D eigenvalue weighted by atomic mass is 10.1. The summed E-state index contributed by atoms with van der Waals surface area (Å²) in [4.78, 5) is 8.74. The van der Waals surface area contributed by atoms with E-state index >= 15 is 0 Å². The molecule has 5 nitrogen and oxygen atoms in total. The van der Waals surface area contributed by atoms with Gasteiger partial charge in [-0.15, -0.1) is 13.2 Å². The van der Waals surface area contributed by atoms with E-state index in [4.69, 9.17) is 11.6 Å². The molecule has 0 bridgehead atoms. The van der Waals surface area contributed by atoms with Gasteiger partial charge in [0.1, 0.15) is 11.6 Å². The molecule has 0 saturated carbocycles. The molecule has 9 heteroatoms. The van der Waals surface area contributed by atoms with Gasteiger partial charge in [-0.2, -0.15) is 4.98 Å². The van der Waals surface area contributed by atoms with E-state index in [2.05, 4.69) is 25.3 Å². The number of hydrogen-bond acceptors (Lipinski definition) is 5. The number of aromatic nitrogens is 2. The van der Waals surface area contributed by atoms with Crippen LogP contribution in [-0.2, 0) is 0 Å². The molecule has 0 saturated heterocycles. The smallest absolute Gasteiger partial charge is 0.406 e. The van der Waals surface area contributed by atoms with Crippen LogP contribution in [0.25, 0.3) is 11.3 Å². The molecule has 0 aliphatic carbocycles. The number of nitrogens with one attached hydrogen (secondary N) is 2. The van der Waals surface area contributed by atoms with Gasteiger partial charge in [-0.05, 0) is 43.3 Å². The lowest BCUT2D eigenvalue weighted by Gasteiger charge is -2.12. The van der Waals surface area contributed by atoms with Crippen LogP contribution in [0.1, 0.15) is 6.92 Å². The summed E-state index contributed by atoms with van der Waals surface area (Å²) in [7, 11) is 0. The second-order valence-corrected chi connectivity index (χ2v) is 6.14. The Bertz CT molecular complexity index is 949. The molecular weight excluding hydrogens is 393 g/mol. The molecule has 0 radical (unpaired) electrons. The maximum atomic E-state index is 12.5. The van der Waals surface area contributed by atoms with Gasteiger partial charge in [0, 0.05) is 28.9 Å². The molecule has 0 unspecified atom stereocenters. The number of anilines is 3. The molecule has 2 N–H and O–H groups in total. The van der Waals surface area contributed by atoms with Crippen molar-refractivity contribution >= 4 is 29.1 Å². The molecule has 1 aromatic heterocycles. The van der Waals surface area contributed by atoms with Crippen molar-refractivity contribution in [2.45, 2.75) is 13.3 Å². The lowest BCUT2D eigenvalue weighted by Crippen LogP contribution is -2.17. The van der Waals surface area contributed by atoms with Gasteiger partial charge >= 0.3 is 6.36 Å². The molecule has 1 heterocycles. The summed E-state index contributed by atoms with van der Waals surface area (Å²) < 4.78 is 41.5. The zero-order chi connectivity index (χ0) is 20.1. The number of benzene rings is 2. The fourth-order valence-electron chi connectivity index (χ4n) is 2.43. The number of alkyl halides is 3. The summed E-state index contributed by atoms with van der Waals surface area (Å²) in [5.74, 6) is 0.504. The van der Waals surface area contributed by atoms with Crippen molar-refractivity contribution in [3.05, 3.63) is 59.6 Å². The van der Waals surface area contributed by atoms with Gasteiger partial charge in [-0.25, -0.2) is 4.98 Å². The number of nitrogens with zero attached hydrogens (tertiary/aromatic N) is 2. The first-order valence-electron chi connectivity index (χ1n) is 8.34. The minimum Gasteiger partial charge on any atom is -0.406 e. The third kappa shape index (κ3) is 5.50. The van der Waals surface area contributed by atoms with Crippen LogP contribution in [0.2, 0.25) is 5.02 Å². The Morgan fingerprint density at radius 2 is 1.79 bits per heavy atom. The van der Waals surface area contributed by atoms with Crippen LogP contribution in [0.15, 0.2) is 54.6 Å². The summed E-state index contributed by atoms with van der Waals surface area (Å²) in [5.41, 5.74) is 1.66. The van der Waals surface area contributed by atoms with Gasteiger partial charge < -0.3 is 15.4 Å². The van der Waals surface area contributed by atoms with E-state index in [1.165, 1.54) is 18.2 Å². The standard InChI is InChI=1S/C19H16ClF3N4O/c1-2-24-18-26-16(12-4-3-5-15(10-12)28-19(21,22)23)11-17(27-18)25-14-8-6-13(20)7-9-14/h3-11H,2H2,1H3,(H2,24,25,26,27). The average molecular weight is 409 g/mol. The Labute approximate surface area is 164 Å². The highest BCUT2D eigenvalue weighted by molar-refractivity contribution is 6.30. The topological polar surface area (TPSA) is 59.1 Å². The highest BCUT2D eigenvalue weighted by Crippen LogP contribution is 2.29. The Balaban J connectivity index is 1.95. The molecule has 0 fully saturated rings. The van der Waals surface area contributed by atoms with E-state index in [0.717, 1.165) is 5.69 Å². The van der Waals surface area contributed by atoms with Crippen LogP contribution >= 0.6 is 11.6 Å². The predicted octanol–water partition coefficient (Wildman–Crippen LogP) is 5.87. The summed E-state index contributed by atoms with van der Waals surface area (Å²) in [6, 6.07) is 14.3. The number of ether oxygens (including phenoxy) is 1. The molecule has 3 aromatic rings. The van der Waals surface area contributed by atoms with Gasteiger partial charge in [-0.3, -0.25) is 0 Å². The maximum absolute atomic E-state index is 12.5. The Morgan fingerprint density at radius 1 is 1.04 bits per heavy atom. The van der Waals surface area contributed by atoms with Gasteiger partial charge in [0.15, 0.2) is 0 Å². The van der Waals surface area contributed by atoms with Crippen molar-refractivity contribution in [1.82, 2.24) is 9.97 Å². The second kappa shape index (κ2) is 8.35. The third-order valence-corrected chi connectivity index (χ3v) is 3.79. The zero-order valence-corrected chi connectivity index (χ0v) is 15.5. The minimum atomic E-state index is -4.76. The number of hydrogen-bond donors (Lipinski definition) is 2. The van der Waals surface area contributed by atoms with Crippen LogP contribution < -0.4 is 15.4 Å². The fraction of sp³-hybridized carbons (Fsp3) is 0.158. The first-order valence-corrected chi connectivity index (χ1v) is 8.72. The van der Waals surface area contributed by atoms with Crippen molar-refractivity contribution in [3.8, 4) is 17.0 Å². The Kier molecular flexibility index (Phi) is 5.89. The molecule has 0 aliphatic heterocycles. The highest BCUT2D eigenvalue weighted by Gasteiger charge is 2.31. The summed E-state index contributed by atoms with van der Waals surface area (Å²) >= 11 is 5.89. The molecule has 146 valence electrons. The van der Waals surface area contributed by atoms with E-state index < -0.39 is 6.36 Å².